The summed E-state index contributed by atoms with van der Waals surface area (Å²) in [5, 5.41) is 7.13. The van der Waals surface area contributed by atoms with Crippen LogP contribution in [0.5, 0.6) is 0 Å². The molecule has 1 amide bonds. The van der Waals surface area contributed by atoms with Crippen molar-refractivity contribution in [3.05, 3.63) is 57.9 Å². The Hall–Kier alpha value is -2.54. The zero-order valence-electron chi connectivity index (χ0n) is 13.8. The lowest BCUT2D eigenvalue weighted by atomic mass is 10.1. The number of carbonyl (C=O) groups is 1. The van der Waals surface area contributed by atoms with Crippen LogP contribution in [0.2, 0.25) is 0 Å². The highest BCUT2D eigenvalue weighted by molar-refractivity contribution is 7.14. The summed E-state index contributed by atoms with van der Waals surface area (Å²) < 4.78 is 1.61. The molecule has 0 fully saturated rings. The van der Waals surface area contributed by atoms with Crippen LogP contribution in [0.15, 0.2) is 37.1 Å². The molecule has 0 aliphatic heterocycles. The molecule has 128 valence electrons. The molecule has 0 saturated carbocycles. The third-order valence-electron chi connectivity index (χ3n) is 4.41. The van der Waals surface area contributed by atoms with Gasteiger partial charge < -0.3 is 5.32 Å². The molecule has 6 nitrogen and oxygen atoms in total. The first-order chi connectivity index (χ1) is 12.3. The van der Waals surface area contributed by atoms with E-state index in [9.17, 15) is 4.79 Å². The Kier molecular flexibility index (Phi) is 4.56. The van der Waals surface area contributed by atoms with E-state index >= 15 is 0 Å². The van der Waals surface area contributed by atoms with Gasteiger partial charge in [-0.05, 0) is 43.4 Å². The van der Waals surface area contributed by atoms with E-state index in [0.29, 0.717) is 12.4 Å². The largest absolute Gasteiger partial charge is 0.347 e. The van der Waals surface area contributed by atoms with E-state index in [4.69, 9.17) is 0 Å². The maximum Gasteiger partial charge on any atom is 0.261 e. The minimum absolute atomic E-state index is 0.0218. The van der Waals surface area contributed by atoms with Crippen LogP contribution in [0.25, 0.3) is 5.82 Å². The van der Waals surface area contributed by atoms with Gasteiger partial charge in [0.25, 0.3) is 5.91 Å². The van der Waals surface area contributed by atoms with Crippen LogP contribution >= 0.6 is 11.3 Å². The highest BCUT2D eigenvalue weighted by atomic mass is 32.1. The Morgan fingerprint density at radius 1 is 1.28 bits per heavy atom. The molecule has 0 atom stereocenters. The summed E-state index contributed by atoms with van der Waals surface area (Å²) in [5.41, 5.74) is 2.26. The lowest BCUT2D eigenvalue weighted by Gasteiger charge is -2.08. The van der Waals surface area contributed by atoms with Crippen molar-refractivity contribution >= 4 is 17.2 Å². The van der Waals surface area contributed by atoms with Crippen molar-refractivity contribution in [2.75, 3.05) is 0 Å². The number of fused-ring (bicyclic) bond motifs is 1. The van der Waals surface area contributed by atoms with Gasteiger partial charge in [0.2, 0.25) is 0 Å². The summed E-state index contributed by atoms with van der Waals surface area (Å²) in [6.45, 7) is 0.407. The lowest BCUT2D eigenvalue weighted by molar-refractivity contribution is 0.0955. The van der Waals surface area contributed by atoms with Gasteiger partial charge in [0.1, 0.15) is 12.7 Å². The first kappa shape index (κ1) is 16.0. The first-order valence-corrected chi connectivity index (χ1v) is 9.31. The summed E-state index contributed by atoms with van der Waals surface area (Å²) in [4.78, 5) is 23.0. The van der Waals surface area contributed by atoms with Crippen molar-refractivity contribution in [2.45, 2.75) is 38.6 Å². The number of hydrogen-bond acceptors (Lipinski definition) is 5. The Morgan fingerprint density at radius 3 is 3.08 bits per heavy atom. The number of rotatable bonds is 4. The molecule has 0 unspecified atom stereocenters. The molecule has 3 aromatic rings. The van der Waals surface area contributed by atoms with Crippen LogP contribution in [0, 0.1) is 0 Å². The van der Waals surface area contributed by atoms with Gasteiger partial charge >= 0.3 is 0 Å². The summed E-state index contributed by atoms with van der Waals surface area (Å²) in [7, 11) is 0. The minimum atomic E-state index is -0.0218. The highest BCUT2D eigenvalue weighted by Crippen LogP contribution is 2.29. The number of thiophene rings is 1. The number of nitrogens with zero attached hydrogens (tertiary/aromatic N) is 4. The van der Waals surface area contributed by atoms with E-state index in [0.717, 1.165) is 23.3 Å². The van der Waals surface area contributed by atoms with Crippen LogP contribution in [0.1, 0.15) is 44.9 Å². The minimum Gasteiger partial charge on any atom is -0.347 e. The lowest BCUT2D eigenvalue weighted by Crippen LogP contribution is -2.23. The van der Waals surface area contributed by atoms with Gasteiger partial charge in [-0.25, -0.2) is 14.6 Å². The van der Waals surface area contributed by atoms with E-state index in [1.54, 1.807) is 28.5 Å². The second-order valence-electron chi connectivity index (χ2n) is 6.13. The predicted molar refractivity (Wildman–Crippen MR) is 95.9 cm³/mol. The third-order valence-corrected chi connectivity index (χ3v) is 5.65. The van der Waals surface area contributed by atoms with Crippen molar-refractivity contribution in [3.8, 4) is 5.82 Å². The number of aryl methyl sites for hydroxylation is 2. The van der Waals surface area contributed by atoms with Crippen molar-refractivity contribution in [1.82, 2.24) is 25.1 Å². The number of carbonyl (C=O) groups excluding carboxylic acids is 1. The van der Waals surface area contributed by atoms with Crippen LogP contribution in [0.3, 0.4) is 0 Å². The normalized spacial score (nSPS) is 13.9. The van der Waals surface area contributed by atoms with E-state index in [1.807, 2.05) is 12.1 Å². The average molecular weight is 353 g/mol. The number of hydrogen-bond donors (Lipinski definition) is 1. The van der Waals surface area contributed by atoms with Crippen molar-refractivity contribution in [2.24, 2.45) is 0 Å². The number of pyridine rings is 1. The molecule has 0 saturated heterocycles. The monoisotopic (exact) mass is 353 g/mol. The maximum absolute atomic E-state index is 12.6. The van der Waals surface area contributed by atoms with Crippen molar-refractivity contribution in [1.29, 1.82) is 0 Å². The SMILES string of the molecule is O=C(NCc1cccnc1-n1cncn1)c1cc2c(s1)CCCCC2. The molecule has 4 rings (SSSR count). The molecule has 0 bridgehead atoms. The third kappa shape index (κ3) is 3.46. The average Bonchev–Trinajstić information content (AvgIpc) is 3.26. The summed E-state index contributed by atoms with van der Waals surface area (Å²) in [6, 6.07) is 5.87. The first-order valence-electron chi connectivity index (χ1n) is 8.50. The standard InChI is InChI=1S/C18H19N5OS/c24-18(16-9-13-5-2-1-3-7-15(13)25-16)21-10-14-6-4-8-20-17(14)23-12-19-11-22-23/h4,6,8-9,11-12H,1-3,5,7,10H2,(H,21,24). The van der Waals surface area contributed by atoms with E-state index in [1.165, 1.54) is 36.0 Å². The molecule has 7 heteroatoms. The molecular formula is C18H19N5OS. The van der Waals surface area contributed by atoms with Gasteiger partial charge in [-0.2, -0.15) is 5.10 Å². The topological polar surface area (TPSA) is 72.7 Å². The summed E-state index contributed by atoms with van der Waals surface area (Å²) in [5.74, 6) is 0.661. The van der Waals surface area contributed by atoms with E-state index in [-0.39, 0.29) is 5.91 Å². The van der Waals surface area contributed by atoms with Crippen LogP contribution in [-0.2, 0) is 19.4 Å². The smallest absolute Gasteiger partial charge is 0.261 e. The van der Waals surface area contributed by atoms with Gasteiger partial charge in [-0.15, -0.1) is 11.3 Å². The van der Waals surface area contributed by atoms with Gasteiger partial charge in [-0.1, -0.05) is 12.5 Å². The molecule has 0 radical (unpaired) electrons. The Balaban J connectivity index is 1.48. The molecule has 3 heterocycles. The predicted octanol–water partition coefficient (Wildman–Crippen LogP) is 2.92. The zero-order valence-corrected chi connectivity index (χ0v) is 14.6. The molecule has 1 N–H and O–H groups in total. The van der Waals surface area contributed by atoms with Crippen molar-refractivity contribution in [3.63, 3.8) is 0 Å². The van der Waals surface area contributed by atoms with Gasteiger partial charge in [0.05, 0.1) is 4.88 Å². The Labute approximate surface area is 149 Å². The molecule has 1 aliphatic rings. The molecular weight excluding hydrogens is 334 g/mol. The fraction of sp³-hybridized carbons (Fsp3) is 0.333. The Morgan fingerprint density at radius 2 is 2.20 bits per heavy atom. The second kappa shape index (κ2) is 7.14. The van der Waals surface area contributed by atoms with Crippen LogP contribution < -0.4 is 5.32 Å². The Bertz CT molecular complexity index is 848. The second-order valence-corrected chi connectivity index (χ2v) is 7.27. The van der Waals surface area contributed by atoms with Gasteiger partial charge in [0, 0.05) is 23.2 Å². The van der Waals surface area contributed by atoms with Crippen molar-refractivity contribution < 1.29 is 4.79 Å². The number of aromatic nitrogens is 4. The van der Waals surface area contributed by atoms with Crippen LogP contribution in [-0.4, -0.2) is 25.7 Å². The van der Waals surface area contributed by atoms with E-state index < -0.39 is 0 Å². The number of nitrogens with one attached hydrogen (secondary N) is 1. The maximum atomic E-state index is 12.6. The fourth-order valence-corrected chi connectivity index (χ4v) is 4.30. The molecule has 0 spiro atoms. The summed E-state index contributed by atoms with van der Waals surface area (Å²) >= 11 is 1.64. The fourth-order valence-electron chi connectivity index (χ4n) is 3.13. The van der Waals surface area contributed by atoms with Crippen LogP contribution in [0.4, 0.5) is 0 Å². The molecule has 0 aromatic carbocycles. The quantitative estimate of drug-likeness (QED) is 0.732. The summed E-state index contributed by atoms with van der Waals surface area (Å²) in [6.07, 6.45) is 10.7. The van der Waals surface area contributed by atoms with Gasteiger partial charge in [-0.3, -0.25) is 4.79 Å². The molecule has 25 heavy (non-hydrogen) atoms. The molecule has 3 aromatic heterocycles. The zero-order chi connectivity index (χ0) is 17.1. The number of amides is 1. The van der Waals surface area contributed by atoms with E-state index in [2.05, 4.69) is 26.4 Å². The molecule has 1 aliphatic carbocycles. The highest BCUT2D eigenvalue weighted by Gasteiger charge is 2.17. The van der Waals surface area contributed by atoms with Gasteiger partial charge in [0.15, 0.2) is 5.82 Å².